The summed E-state index contributed by atoms with van der Waals surface area (Å²) in [6.07, 6.45) is 0. The van der Waals surface area contributed by atoms with Gasteiger partial charge in [0.05, 0.1) is 6.54 Å². The molecule has 1 heterocycles. The van der Waals surface area contributed by atoms with Crippen LogP contribution in [0.2, 0.25) is 0 Å². The molecular weight excluding hydrogens is 295 g/mol. The maximum absolute atomic E-state index is 13.2. The number of amides is 1. The van der Waals surface area contributed by atoms with Crippen LogP contribution in [0.1, 0.15) is 22.0 Å². The number of carbonyl (C=O) groups excluding carboxylic acids is 1. The molecule has 0 unspecified atom stereocenters. The van der Waals surface area contributed by atoms with Crippen molar-refractivity contribution < 1.29 is 9.18 Å². The number of hydrogen-bond donors (Lipinski definition) is 2. The van der Waals surface area contributed by atoms with Crippen molar-refractivity contribution in [1.29, 1.82) is 0 Å². The van der Waals surface area contributed by atoms with Crippen molar-refractivity contribution in [3.63, 3.8) is 0 Å². The standard InChI is InChI=1S/C17H15FN4O/c1-11-20-16(22-21-11)10-19-17(23)13-7-5-12(6-8-13)14-3-2-4-15(18)9-14/h2-9H,10H2,1H3,(H,19,23)(H,20,21,22). The molecule has 0 fully saturated rings. The van der Waals surface area contributed by atoms with Crippen molar-refractivity contribution in [2.24, 2.45) is 0 Å². The molecule has 2 aromatic carbocycles. The van der Waals surface area contributed by atoms with Crippen molar-refractivity contribution in [2.75, 3.05) is 0 Å². The highest BCUT2D eigenvalue weighted by Crippen LogP contribution is 2.20. The minimum atomic E-state index is -0.286. The van der Waals surface area contributed by atoms with Gasteiger partial charge in [0.2, 0.25) is 0 Å². The van der Waals surface area contributed by atoms with Gasteiger partial charge >= 0.3 is 0 Å². The molecule has 0 spiro atoms. The van der Waals surface area contributed by atoms with Gasteiger partial charge in [-0.05, 0) is 42.3 Å². The minimum Gasteiger partial charge on any atom is -0.345 e. The van der Waals surface area contributed by atoms with E-state index in [0.717, 1.165) is 11.1 Å². The van der Waals surface area contributed by atoms with Gasteiger partial charge in [0.25, 0.3) is 5.91 Å². The fraction of sp³-hybridized carbons (Fsp3) is 0.118. The Balaban J connectivity index is 1.68. The third-order valence-corrected chi connectivity index (χ3v) is 3.36. The molecule has 0 aliphatic rings. The molecule has 23 heavy (non-hydrogen) atoms. The second-order valence-corrected chi connectivity index (χ2v) is 5.11. The molecule has 6 heteroatoms. The predicted molar refractivity (Wildman–Crippen MR) is 84.1 cm³/mol. The molecule has 0 saturated carbocycles. The highest BCUT2D eigenvalue weighted by atomic mass is 19.1. The minimum absolute atomic E-state index is 0.210. The van der Waals surface area contributed by atoms with E-state index in [9.17, 15) is 9.18 Å². The predicted octanol–water partition coefficient (Wildman–Crippen LogP) is 2.85. The highest BCUT2D eigenvalue weighted by molar-refractivity contribution is 5.94. The van der Waals surface area contributed by atoms with E-state index in [1.807, 2.05) is 6.07 Å². The smallest absolute Gasteiger partial charge is 0.251 e. The summed E-state index contributed by atoms with van der Waals surface area (Å²) in [5.74, 6) is 0.741. The lowest BCUT2D eigenvalue weighted by molar-refractivity contribution is 0.0950. The van der Waals surface area contributed by atoms with Crippen molar-refractivity contribution >= 4 is 5.91 Å². The molecule has 2 N–H and O–H groups in total. The normalized spacial score (nSPS) is 10.5. The van der Waals surface area contributed by atoms with Gasteiger partial charge in [0, 0.05) is 5.56 Å². The van der Waals surface area contributed by atoms with E-state index in [4.69, 9.17) is 0 Å². The molecule has 0 radical (unpaired) electrons. The van der Waals surface area contributed by atoms with E-state index in [2.05, 4.69) is 20.5 Å². The fourth-order valence-corrected chi connectivity index (χ4v) is 2.21. The SMILES string of the molecule is Cc1nc(CNC(=O)c2ccc(-c3cccc(F)c3)cc2)n[nH]1. The molecule has 0 bridgehead atoms. The van der Waals surface area contributed by atoms with E-state index in [-0.39, 0.29) is 18.3 Å². The summed E-state index contributed by atoms with van der Waals surface area (Å²) in [6, 6.07) is 13.3. The van der Waals surface area contributed by atoms with Crippen LogP contribution < -0.4 is 5.32 Å². The maximum atomic E-state index is 13.2. The van der Waals surface area contributed by atoms with Crippen LogP contribution in [0.5, 0.6) is 0 Å². The van der Waals surface area contributed by atoms with Crippen LogP contribution in [0.25, 0.3) is 11.1 Å². The molecule has 0 aliphatic heterocycles. The summed E-state index contributed by atoms with van der Waals surface area (Å²) in [7, 11) is 0. The lowest BCUT2D eigenvalue weighted by Crippen LogP contribution is -2.23. The lowest BCUT2D eigenvalue weighted by Gasteiger charge is -2.05. The second-order valence-electron chi connectivity index (χ2n) is 5.11. The van der Waals surface area contributed by atoms with Gasteiger partial charge in [-0.2, -0.15) is 5.10 Å². The van der Waals surface area contributed by atoms with Gasteiger partial charge in [-0.25, -0.2) is 9.37 Å². The van der Waals surface area contributed by atoms with E-state index in [1.165, 1.54) is 12.1 Å². The van der Waals surface area contributed by atoms with Crippen molar-refractivity contribution in [2.45, 2.75) is 13.5 Å². The summed E-state index contributed by atoms with van der Waals surface area (Å²) < 4.78 is 13.2. The maximum Gasteiger partial charge on any atom is 0.251 e. The topological polar surface area (TPSA) is 70.7 Å². The zero-order chi connectivity index (χ0) is 16.2. The molecule has 0 aliphatic carbocycles. The number of H-pyrrole nitrogens is 1. The molecule has 116 valence electrons. The largest absolute Gasteiger partial charge is 0.345 e. The van der Waals surface area contributed by atoms with Gasteiger partial charge in [0.1, 0.15) is 11.6 Å². The molecule has 3 rings (SSSR count). The zero-order valence-electron chi connectivity index (χ0n) is 12.5. The quantitative estimate of drug-likeness (QED) is 0.778. The van der Waals surface area contributed by atoms with Crippen molar-refractivity contribution in [1.82, 2.24) is 20.5 Å². The van der Waals surface area contributed by atoms with Crippen LogP contribution in [0.15, 0.2) is 48.5 Å². The third-order valence-electron chi connectivity index (χ3n) is 3.36. The molecule has 5 nitrogen and oxygen atoms in total. The van der Waals surface area contributed by atoms with E-state index in [1.54, 1.807) is 37.3 Å². The lowest BCUT2D eigenvalue weighted by atomic mass is 10.0. The van der Waals surface area contributed by atoms with Crippen LogP contribution in [-0.4, -0.2) is 21.1 Å². The van der Waals surface area contributed by atoms with Crippen molar-refractivity contribution in [3.8, 4) is 11.1 Å². The monoisotopic (exact) mass is 310 g/mol. The van der Waals surface area contributed by atoms with Crippen LogP contribution >= 0.6 is 0 Å². The summed E-state index contributed by atoms with van der Waals surface area (Å²) >= 11 is 0. The summed E-state index contributed by atoms with van der Waals surface area (Å²) in [5, 5.41) is 9.43. The summed E-state index contributed by atoms with van der Waals surface area (Å²) in [5.41, 5.74) is 2.15. The first-order valence-corrected chi connectivity index (χ1v) is 7.14. The van der Waals surface area contributed by atoms with E-state index >= 15 is 0 Å². The fourth-order valence-electron chi connectivity index (χ4n) is 2.21. The average molecular weight is 310 g/mol. The van der Waals surface area contributed by atoms with Gasteiger partial charge in [-0.3, -0.25) is 9.89 Å². The Morgan fingerprint density at radius 3 is 2.61 bits per heavy atom. The third kappa shape index (κ3) is 3.60. The van der Waals surface area contributed by atoms with Gasteiger partial charge in [-0.15, -0.1) is 0 Å². The van der Waals surface area contributed by atoms with Gasteiger partial charge in [-0.1, -0.05) is 24.3 Å². The Labute approximate surface area is 132 Å². The average Bonchev–Trinajstić information content (AvgIpc) is 2.98. The summed E-state index contributed by atoms with van der Waals surface area (Å²) in [4.78, 5) is 16.2. The number of carbonyl (C=O) groups is 1. The number of benzene rings is 2. The van der Waals surface area contributed by atoms with Crippen LogP contribution in [-0.2, 0) is 6.54 Å². The van der Waals surface area contributed by atoms with E-state index < -0.39 is 0 Å². The second kappa shape index (κ2) is 6.39. The number of aromatic nitrogens is 3. The van der Waals surface area contributed by atoms with Crippen LogP contribution in [0.3, 0.4) is 0 Å². The summed E-state index contributed by atoms with van der Waals surface area (Å²) in [6.45, 7) is 2.05. The number of hydrogen-bond acceptors (Lipinski definition) is 3. The molecular formula is C17H15FN4O. The van der Waals surface area contributed by atoms with Crippen molar-refractivity contribution in [3.05, 3.63) is 71.6 Å². The number of nitrogens with one attached hydrogen (secondary N) is 2. The van der Waals surface area contributed by atoms with Crippen LogP contribution in [0, 0.1) is 12.7 Å². The zero-order valence-corrected chi connectivity index (χ0v) is 12.5. The molecule has 3 aromatic rings. The molecule has 1 amide bonds. The van der Waals surface area contributed by atoms with Gasteiger partial charge in [0.15, 0.2) is 5.82 Å². The Hall–Kier alpha value is -3.02. The molecule has 0 atom stereocenters. The highest BCUT2D eigenvalue weighted by Gasteiger charge is 2.08. The first-order valence-electron chi connectivity index (χ1n) is 7.14. The Bertz CT molecular complexity index is 827. The number of halogens is 1. The number of aryl methyl sites for hydroxylation is 1. The number of nitrogens with zero attached hydrogens (tertiary/aromatic N) is 2. The molecule has 0 saturated heterocycles. The first kappa shape index (κ1) is 14.9. The Kier molecular flexibility index (Phi) is 4.14. The number of rotatable bonds is 4. The van der Waals surface area contributed by atoms with E-state index in [0.29, 0.717) is 17.2 Å². The molecule has 1 aromatic heterocycles. The Morgan fingerprint density at radius 2 is 1.96 bits per heavy atom. The Morgan fingerprint density at radius 1 is 1.17 bits per heavy atom. The first-order chi connectivity index (χ1) is 11.1. The van der Waals surface area contributed by atoms with Gasteiger partial charge < -0.3 is 5.32 Å². The van der Waals surface area contributed by atoms with Crippen LogP contribution in [0.4, 0.5) is 4.39 Å². The number of aromatic amines is 1.